The van der Waals surface area contributed by atoms with Gasteiger partial charge >= 0.3 is 0 Å². The molecule has 0 aromatic heterocycles. The number of aryl methyl sites for hydroxylation is 1. The van der Waals surface area contributed by atoms with E-state index in [4.69, 9.17) is 4.74 Å². The average Bonchev–Trinajstić information content (AvgIpc) is 3.13. The van der Waals surface area contributed by atoms with Crippen molar-refractivity contribution in [3.63, 3.8) is 0 Å². The second-order valence-corrected chi connectivity index (χ2v) is 8.24. The molecule has 1 saturated heterocycles. The summed E-state index contributed by atoms with van der Waals surface area (Å²) in [6.45, 7) is 13.0. The van der Waals surface area contributed by atoms with Gasteiger partial charge in [0.15, 0.2) is 0 Å². The van der Waals surface area contributed by atoms with Crippen LogP contribution in [-0.2, 0) is 16.0 Å². The van der Waals surface area contributed by atoms with Gasteiger partial charge in [-0.2, -0.15) is 0 Å². The Morgan fingerprint density at radius 1 is 1.06 bits per heavy atom. The van der Waals surface area contributed by atoms with Crippen molar-refractivity contribution in [1.82, 2.24) is 9.80 Å². The number of aliphatic hydroxyl groups excluding tert-OH is 1. The summed E-state index contributed by atoms with van der Waals surface area (Å²) in [6, 6.07) is 14.1. The third kappa shape index (κ3) is 5.39. The van der Waals surface area contributed by atoms with E-state index in [0.717, 1.165) is 25.1 Å². The maximum Gasteiger partial charge on any atom is 0.295 e. The summed E-state index contributed by atoms with van der Waals surface area (Å²) in [5.41, 5.74) is 2.55. The molecule has 1 atom stereocenters. The standard InChI is InChI=1S/C28H34N2O4/c1-5-19-34-23-15-13-22(14-16-23)26(31)24-25(21-11-9-20(6-2)10-12-21)30(28(33)27(24)32)18-17-29(7-3)8-4/h5,9-16,25,31H,1,6-8,17-19H2,2-4H3/t25-/m0/s1. The average molecular weight is 463 g/mol. The Labute approximate surface area is 202 Å². The lowest BCUT2D eigenvalue weighted by molar-refractivity contribution is -0.140. The van der Waals surface area contributed by atoms with Crippen LogP contribution in [0.4, 0.5) is 0 Å². The number of nitrogens with zero attached hydrogens (tertiary/aromatic N) is 2. The molecule has 3 rings (SSSR count). The Kier molecular flexibility index (Phi) is 8.66. The van der Waals surface area contributed by atoms with Crippen LogP contribution in [0.5, 0.6) is 5.75 Å². The van der Waals surface area contributed by atoms with E-state index in [-0.39, 0.29) is 11.3 Å². The van der Waals surface area contributed by atoms with E-state index in [1.165, 1.54) is 5.56 Å². The van der Waals surface area contributed by atoms with Crippen molar-refractivity contribution in [3.05, 3.63) is 83.4 Å². The largest absolute Gasteiger partial charge is 0.507 e. The quantitative estimate of drug-likeness (QED) is 0.229. The second kappa shape index (κ2) is 11.7. The zero-order valence-electron chi connectivity index (χ0n) is 20.3. The molecule has 0 saturated carbocycles. The fraction of sp³-hybridized carbons (Fsp3) is 0.357. The SMILES string of the molecule is C=CCOc1ccc(C(O)=C2C(=O)C(=O)N(CCN(CC)CC)[C@H]2c2ccc(CC)cc2)cc1. The van der Waals surface area contributed by atoms with Crippen LogP contribution in [0.1, 0.15) is 43.5 Å². The molecule has 1 fully saturated rings. The molecule has 0 spiro atoms. The van der Waals surface area contributed by atoms with Crippen molar-refractivity contribution < 1.29 is 19.4 Å². The third-order valence-corrected chi connectivity index (χ3v) is 6.29. The number of rotatable bonds is 11. The molecule has 6 heteroatoms. The Morgan fingerprint density at radius 2 is 1.71 bits per heavy atom. The van der Waals surface area contributed by atoms with Crippen molar-refractivity contribution in [2.24, 2.45) is 0 Å². The fourth-order valence-electron chi connectivity index (χ4n) is 4.20. The molecule has 1 aliphatic rings. The van der Waals surface area contributed by atoms with Crippen molar-refractivity contribution in [1.29, 1.82) is 0 Å². The molecule has 180 valence electrons. The van der Waals surface area contributed by atoms with Crippen LogP contribution in [-0.4, -0.2) is 59.4 Å². The van der Waals surface area contributed by atoms with Gasteiger partial charge in [-0.15, -0.1) is 0 Å². The highest BCUT2D eigenvalue weighted by atomic mass is 16.5. The molecule has 1 aliphatic heterocycles. The topological polar surface area (TPSA) is 70.1 Å². The van der Waals surface area contributed by atoms with Gasteiger partial charge in [0.2, 0.25) is 0 Å². The minimum absolute atomic E-state index is 0.119. The number of Topliss-reactive ketones (excluding diaryl/α,β-unsaturated/α-hetero) is 1. The molecule has 0 radical (unpaired) electrons. The summed E-state index contributed by atoms with van der Waals surface area (Å²) in [5, 5.41) is 11.2. The number of carbonyl (C=O) groups is 2. The number of benzene rings is 2. The normalized spacial score (nSPS) is 17.4. The smallest absolute Gasteiger partial charge is 0.295 e. The maximum absolute atomic E-state index is 13.2. The van der Waals surface area contributed by atoms with Gasteiger partial charge in [-0.25, -0.2) is 0 Å². The summed E-state index contributed by atoms with van der Waals surface area (Å²) in [6.07, 6.45) is 2.54. The minimum atomic E-state index is -0.659. The highest BCUT2D eigenvalue weighted by Gasteiger charge is 2.45. The van der Waals surface area contributed by atoms with Crippen molar-refractivity contribution in [2.45, 2.75) is 33.2 Å². The zero-order chi connectivity index (χ0) is 24.7. The van der Waals surface area contributed by atoms with Crippen LogP contribution < -0.4 is 4.74 Å². The van der Waals surface area contributed by atoms with E-state index < -0.39 is 17.7 Å². The van der Waals surface area contributed by atoms with E-state index in [2.05, 4.69) is 32.3 Å². The summed E-state index contributed by atoms with van der Waals surface area (Å²) in [4.78, 5) is 30.1. The van der Waals surface area contributed by atoms with Crippen molar-refractivity contribution in [3.8, 4) is 5.75 Å². The number of hydrogen-bond acceptors (Lipinski definition) is 5. The predicted octanol–water partition coefficient (Wildman–Crippen LogP) is 4.58. The number of aliphatic hydroxyl groups is 1. The molecule has 6 nitrogen and oxygen atoms in total. The Hall–Kier alpha value is -3.38. The second-order valence-electron chi connectivity index (χ2n) is 8.24. The summed E-state index contributed by atoms with van der Waals surface area (Å²) in [7, 11) is 0. The van der Waals surface area contributed by atoms with Crippen LogP contribution in [0, 0.1) is 0 Å². The van der Waals surface area contributed by atoms with Gasteiger partial charge in [-0.3, -0.25) is 9.59 Å². The molecular formula is C28H34N2O4. The van der Waals surface area contributed by atoms with Gasteiger partial charge in [-0.1, -0.05) is 57.7 Å². The number of ether oxygens (including phenoxy) is 1. The molecule has 2 aromatic carbocycles. The number of amides is 1. The summed E-state index contributed by atoms with van der Waals surface area (Å²) in [5.74, 6) is -0.788. The van der Waals surface area contributed by atoms with Crippen molar-refractivity contribution in [2.75, 3.05) is 32.8 Å². The van der Waals surface area contributed by atoms with Gasteiger partial charge in [0.25, 0.3) is 11.7 Å². The van der Waals surface area contributed by atoms with Gasteiger partial charge in [-0.05, 0) is 54.9 Å². The Balaban J connectivity index is 2.03. The summed E-state index contributed by atoms with van der Waals surface area (Å²) >= 11 is 0. The van der Waals surface area contributed by atoms with Crippen LogP contribution in [0.3, 0.4) is 0 Å². The van der Waals surface area contributed by atoms with Crippen molar-refractivity contribution >= 4 is 17.4 Å². The number of likely N-dealkylation sites (N-methyl/N-ethyl adjacent to an activating group) is 1. The first-order valence-electron chi connectivity index (χ1n) is 11.9. The predicted molar refractivity (Wildman–Crippen MR) is 135 cm³/mol. The maximum atomic E-state index is 13.2. The van der Waals surface area contributed by atoms with E-state index in [9.17, 15) is 14.7 Å². The first kappa shape index (κ1) is 25.2. The molecule has 0 unspecified atom stereocenters. The molecule has 2 aromatic rings. The number of hydrogen-bond donors (Lipinski definition) is 1. The lowest BCUT2D eigenvalue weighted by atomic mass is 9.94. The first-order valence-corrected chi connectivity index (χ1v) is 11.9. The number of likely N-dealkylation sites (tertiary alicyclic amines) is 1. The van der Waals surface area contributed by atoms with Gasteiger partial charge in [0, 0.05) is 18.7 Å². The molecule has 1 amide bonds. The molecular weight excluding hydrogens is 428 g/mol. The van der Waals surface area contributed by atoms with Gasteiger partial charge < -0.3 is 19.6 Å². The summed E-state index contributed by atoms with van der Waals surface area (Å²) < 4.78 is 5.51. The zero-order valence-corrected chi connectivity index (χ0v) is 20.3. The fourth-order valence-corrected chi connectivity index (χ4v) is 4.20. The molecule has 1 heterocycles. The van der Waals surface area contributed by atoms with Crippen LogP contribution in [0.25, 0.3) is 5.76 Å². The Bertz CT molecular complexity index is 1040. The Morgan fingerprint density at radius 3 is 2.26 bits per heavy atom. The van der Waals surface area contributed by atoms with Gasteiger partial charge in [0.1, 0.15) is 18.1 Å². The molecule has 34 heavy (non-hydrogen) atoms. The number of carbonyl (C=O) groups excluding carboxylic acids is 2. The van der Waals surface area contributed by atoms with E-state index in [0.29, 0.717) is 31.0 Å². The monoisotopic (exact) mass is 462 g/mol. The van der Waals surface area contributed by atoms with E-state index in [1.54, 1.807) is 35.2 Å². The lowest BCUT2D eigenvalue weighted by Crippen LogP contribution is -2.38. The van der Waals surface area contributed by atoms with Crippen LogP contribution in [0.15, 0.2) is 66.8 Å². The van der Waals surface area contributed by atoms with Crippen LogP contribution in [0.2, 0.25) is 0 Å². The molecule has 0 aliphatic carbocycles. The molecule has 1 N–H and O–H groups in total. The minimum Gasteiger partial charge on any atom is -0.507 e. The van der Waals surface area contributed by atoms with Crippen LogP contribution >= 0.6 is 0 Å². The first-order chi connectivity index (χ1) is 16.4. The highest BCUT2D eigenvalue weighted by molar-refractivity contribution is 6.46. The van der Waals surface area contributed by atoms with E-state index >= 15 is 0 Å². The third-order valence-electron chi connectivity index (χ3n) is 6.29. The van der Waals surface area contributed by atoms with E-state index in [1.807, 2.05) is 24.3 Å². The highest BCUT2D eigenvalue weighted by Crippen LogP contribution is 2.39. The van der Waals surface area contributed by atoms with Gasteiger partial charge in [0.05, 0.1) is 11.6 Å². The number of ketones is 1. The lowest BCUT2D eigenvalue weighted by Gasteiger charge is -2.28. The molecule has 0 bridgehead atoms.